The zero-order valence-electron chi connectivity index (χ0n) is 14.0. The number of amides is 1. The van der Waals surface area contributed by atoms with Gasteiger partial charge in [-0.3, -0.25) is 9.48 Å². The summed E-state index contributed by atoms with van der Waals surface area (Å²) in [6.45, 7) is 5.38. The van der Waals surface area contributed by atoms with Crippen LogP contribution in [0.2, 0.25) is 0 Å². The van der Waals surface area contributed by atoms with Crippen molar-refractivity contribution in [2.75, 3.05) is 13.2 Å². The van der Waals surface area contributed by atoms with Crippen LogP contribution in [0.5, 0.6) is 5.75 Å². The third-order valence-corrected chi connectivity index (χ3v) is 3.82. The number of aromatic nitrogens is 2. The summed E-state index contributed by atoms with van der Waals surface area (Å²) in [5, 5.41) is 17.4. The molecule has 1 atom stereocenters. The standard InChI is InChI=1S/C17H23N3O3/c1-12-16(13(2)20(4)19-12)23-10-15(21)18-11-17(3,22)14-8-6-5-7-9-14/h5-9,22H,10-11H2,1-4H3,(H,18,21). The van der Waals surface area contributed by atoms with Crippen molar-refractivity contribution in [1.82, 2.24) is 15.1 Å². The molecule has 23 heavy (non-hydrogen) atoms. The van der Waals surface area contributed by atoms with Gasteiger partial charge >= 0.3 is 0 Å². The van der Waals surface area contributed by atoms with Gasteiger partial charge in [-0.25, -0.2) is 0 Å². The van der Waals surface area contributed by atoms with E-state index in [9.17, 15) is 9.90 Å². The Morgan fingerprint density at radius 1 is 1.35 bits per heavy atom. The molecule has 6 heteroatoms. The lowest BCUT2D eigenvalue weighted by Crippen LogP contribution is -2.40. The first-order valence-corrected chi connectivity index (χ1v) is 7.49. The van der Waals surface area contributed by atoms with Crippen molar-refractivity contribution in [3.8, 4) is 5.75 Å². The lowest BCUT2D eigenvalue weighted by atomic mass is 9.96. The smallest absolute Gasteiger partial charge is 0.258 e. The van der Waals surface area contributed by atoms with Crippen molar-refractivity contribution in [2.24, 2.45) is 7.05 Å². The number of ether oxygens (including phenoxy) is 1. The van der Waals surface area contributed by atoms with E-state index in [1.54, 1.807) is 11.6 Å². The van der Waals surface area contributed by atoms with Crippen molar-refractivity contribution in [3.05, 3.63) is 47.3 Å². The maximum Gasteiger partial charge on any atom is 0.258 e. The van der Waals surface area contributed by atoms with E-state index >= 15 is 0 Å². The van der Waals surface area contributed by atoms with E-state index in [1.807, 2.05) is 51.2 Å². The van der Waals surface area contributed by atoms with Gasteiger partial charge in [0.05, 0.1) is 12.2 Å². The predicted octanol–water partition coefficient (Wildman–Crippen LogP) is 1.44. The summed E-state index contributed by atoms with van der Waals surface area (Å²) in [5.41, 5.74) is 1.23. The van der Waals surface area contributed by atoms with Gasteiger partial charge in [-0.05, 0) is 26.3 Å². The van der Waals surface area contributed by atoms with Crippen LogP contribution in [-0.2, 0) is 17.4 Å². The zero-order valence-corrected chi connectivity index (χ0v) is 14.0. The fourth-order valence-electron chi connectivity index (χ4n) is 2.32. The predicted molar refractivity (Wildman–Crippen MR) is 87.2 cm³/mol. The fraction of sp³-hybridized carbons (Fsp3) is 0.412. The van der Waals surface area contributed by atoms with Gasteiger partial charge in [0.15, 0.2) is 12.4 Å². The molecule has 0 spiro atoms. The number of benzene rings is 1. The second-order valence-electron chi connectivity index (χ2n) is 5.83. The Labute approximate surface area is 136 Å². The van der Waals surface area contributed by atoms with Crippen LogP contribution < -0.4 is 10.1 Å². The summed E-state index contributed by atoms with van der Waals surface area (Å²) in [7, 11) is 1.83. The molecular formula is C17H23N3O3. The van der Waals surface area contributed by atoms with Gasteiger partial charge in [0.25, 0.3) is 5.91 Å². The monoisotopic (exact) mass is 317 g/mol. The maximum atomic E-state index is 11.9. The van der Waals surface area contributed by atoms with Gasteiger partial charge < -0.3 is 15.2 Å². The number of aryl methyl sites for hydroxylation is 2. The largest absolute Gasteiger partial charge is 0.480 e. The van der Waals surface area contributed by atoms with Gasteiger partial charge in [-0.15, -0.1) is 0 Å². The summed E-state index contributed by atoms with van der Waals surface area (Å²) < 4.78 is 7.26. The van der Waals surface area contributed by atoms with Gasteiger partial charge in [0.1, 0.15) is 11.3 Å². The molecule has 0 saturated heterocycles. The molecule has 0 fully saturated rings. The molecule has 1 aromatic carbocycles. The van der Waals surface area contributed by atoms with Crippen LogP contribution >= 0.6 is 0 Å². The first-order chi connectivity index (χ1) is 10.8. The van der Waals surface area contributed by atoms with Crippen molar-refractivity contribution in [2.45, 2.75) is 26.4 Å². The van der Waals surface area contributed by atoms with Crippen LogP contribution in [0.3, 0.4) is 0 Å². The quantitative estimate of drug-likeness (QED) is 0.845. The van der Waals surface area contributed by atoms with Crippen molar-refractivity contribution in [3.63, 3.8) is 0 Å². The van der Waals surface area contributed by atoms with E-state index in [1.165, 1.54) is 0 Å². The number of hydrogen-bond donors (Lipinski definition) is 2. The summed E-state index contributed by atoms with van der Waals surface area (Å²) >= 11 is 0. The van der Waals surface area contributed by atoms with Crippen LogP contribution in [0.15, 0.2) is 30.3 Å². The van der Waals surface area contributed by atoms with E-state index in [0.29, 0.717) is 5.75 Å². The summed E-state index contributed by atoms with van der Waals surface area (Å²) in [4.78, 5) is 11.9. The lowest BCUT2D eigenvalue weighted by molar-refractivity contribution is -0.124. The number of carbonyl (C=O) groups is 1. The van der Waals surface area contributed by atoms with Gasteiger partial charge in [-0.1, -0.05) is 30.3 Å². The highest BCUT2D eigenvalue weighted by Gasteiger charge is 2.23. The average molecular weight is 317 g/mol. The van der Waals surface area contributed by atoms with Crippen molar-refractivity contribution < 1.29 is 14.6 Å². The second kappa shape index (κ2) is 6.83. The SMILES string of the molecule is Cc1nn(C)c(C)c1OCC(=O)NCC(C)(O)c1ccccc1. The van der Waals surface area contributed by atoms with E-state index < -0.39 is 5.60 Å². The van der Waals surface area contributed by atoms with Crippen molar-refractivity contribution in [1.29, 1.82) is 0 Å². The average Bonchev–Trinajstić information content (AvgIpc) is 2.77. The number of aliphatic hydroxyl groups is 1. The highest BCUT2D eigenvalue weighted by Crippen LogP contribution is 2.21. The maximum absolute atomic E-state index is 11.9. The minimum absolute atomic E-state index is 0.113. The molecular weight excluding hydrogens is 294 g/mol. The Morgan fingerprint density at radius 3 is 2.57 bits per heavy atom. The van der Waals surface area contributed by atoms with Crippen molar-refractivity contribution >= 4 is 5.91 Å². The number of nitrogens with one attached hydrogen (secondary N) is 1. The van der Waals surface area contributed by atoms with E-state index in [0.717, 1.165) is 17.0 Å². The molecule has 2 rings (SSSR count). The van der Waals surface area contributed by atoms with Gasteiger partial charge in [0.2, 0.25) is 0 Å². The number of carbonyl (C=O) groups excluding carboxylic acids is 1. The molecule has 1 amide bonds. The van der Waals surface area contributed by atoms with E-state index in [4.69, 9.17) is 4.74 Å². The normalized spacial score (nSPS) is 13.4. The Morgan fingerprint density at radius 2 is 2.00 bits per heavy atom. The van der Waals surface area contributed by atoms with Crippen LogP contribution in [0.25, 0.3) is 0 Å². The molecule has 2 N–H and O–H groups in total. The molecule has 6 nitrogen and oxygen atoms in total. The molecule has 0 aliphatic carbocycles. The molecule has 0 aliphatic heterocycles. The Kier molecular flexibility index (Phi) is 5.05. The zero-order chi connectivity index (χ0) is 17.0. The van der Waals surface area contributed by atoms with Gasteiger partial charge in [-0.2, -0.15) is 5.10 Å². The first-order valence-electron chi connectivity index (χ1n) is 7.49. The molecule has 1 aromatic heterocycles. The Hall–Kier alpha value is -2.34. The van der Waals surface area contributed by atoms with Crippen LogP contribution in [0.1, 0.15) is 23.9 Å². The molecule has 1 unspecified atom stereocenters. The molecule has 0 radical (unpaired) electrons. The minimum Gasteiger partial charge on any atom is -0.480 e. The molecule has 2 aromatic rings. The summed E-state index contributed by atoms with van der Waals surface area (Å²) in [6, 6.07) is 9.23. The topological polar surface area (TPSA) is 76.4 Å². The van der Waals surface area contributed by atoms with Crippen LogP contribution in [0.4, 0.5) is 0 Å². The second-order valence-corrected chi connectivity index (χ2v) is 5.83. The molecule has 124 valence electrons. The van der Waals surface area contributed by atoms with E-state index in [-0.39, 0.29) is 19.1 Å². The lowest BCUT2D eigenvalue weighted by Gasteiger charge is -2.24. The van der Waals surface area contributed by atoms with Gasteiger partial charge in [0, 0.05) is 7.05 Å². The number of nitrogens with zero attached hydrogens (tertiary/aromatic N) is 2. The highest BCUT2D eigenvalue weighted by molar-refractivity contribution is 5.77. The molecule has 1 heterocycles. The number of hydrogen-bond acceptors (Lipinski definition) is 4. The van der Waals surface area contributed by atoms with E-state index in [2.05, 4.69) is 10.4 Å². The highest BCUT2D eigenvalue weighted by atomic mass is 16.5. The summed E-state index contributed by atoms with van der Waals surface area (Å²) in [6.07, 6.45) is 0. The molecule has 0 bridgehead atoms. The third-order valence-electron chi connectivity index (χ3n) is 3.82. The first kappa shape index (κ1) is 17.0. The summed E-state index contributed by atoms with van der Waals surface area (Å²) in [5.74, 6) is 0.335. The van der Waals surface area contributed by atoms with Crippen LogP contribution in [-0.4, -0.2) is 33.9 Å². The minimum atomic E-state index is -1.13. The Balaban J connectivity index is 1.88. The fourth-order valence-corrected chi connectivity index (χ4v) is 2.32. The Bertz CT molecular complexity index is 678. The van der Waals surface area contributed by atoms with Crippen LogP contribution in [0, 0.1) is 13.8 Å². The molecule has 0 aliphatic rings. The third kappa shape index (κ3) is 4.10. The molecule has 0 saturated carbocycles. The number of rotatable bonds is 6.